The van der Waals surface area contributed by atoms with Gasteiger partial charge in [0.25, 0.3) is 0 Å². The van der Waals surface area contributed by atoms with E-state index in [9.17, 15) is 9.59 Å². The second-order valence-corrected chi connectivity index (χ2v) is 13.6. The lowest BCUT2D eigenvalue weighted by atomic mass is 9.83. The molecule has 208 valence electrons. The van der Waals surface area contributed by atoms with Crippen LogP contribution in [0.1, 0.15) is 56.1 Å². The molecule has 0 unspecified atom stereocenters. The number of carbonyl (C=O) groups is 2. The van der Waals surface area contributed by atoms with E-state index in [0.717, 1.165) is 32.5 Å². The summed E-state index contributed by atoms with van der Waals surface area (Å²) >= 11 is 2.99. The van der Waals surface area contributed by atoms with Gasteiger partial charge >= 0.3 is 0 Å². The monoisotopic (exact) mass is 594 g/mol. The minimum absolute atomic E-state index is 0.179. The number of anilines is 3. The van der Waals surface area contributed by atoms with Gasteiger partial charge < -0.3 is 4.90 Å². The Kier molecular flexibility index (Phi) is 5.70. The standard InChI is InChI=1S/C37H26N2O2S2/c1-21-8-11-24(12-9-21)39(25-13-10-22-6-4-5-7-23(22)14-25)26-15-31-33(38-18-26)36-32(37(31,2)3)17-27(43-36)16-28-34(40)29-19-42-20-30(29)35(28)41/h4-20H,1-3H3. The number of aromatic nitrogens is 1. The van der Waals surface area contributed by atoms with Crippen molar-refractivity contribution in [1.82, 2.24) is 4.98 Å². The molecule has 0 amide bonds. The normalized spacial score (nSPS) is 14.6. The topological polar surface area (TPSA) is 50.3 Å². The SMILES string of the molecule is Cc1ccc(N(c2cnc3c(c2)C(C)(C)c2cc(C=C4C(=O)c5cscc5C4=O)sc2-3)c2ccc3ccccc3c2)cc1. The van der Waals surface area contributed by atoms with Crippen LogP contribution in [0.2, 0.25) is 0 Å². The van der Waals surface area contributed by atoms with E-state index >= 15 is 0 Å². The van der Waals surface area contributed by atoms with Crippen molar-refractivity contribution < 1.29 is 9.59 Å². The number of nitrogens with zero attached hydrogens (tertiary/aromatic N) is 2. The van der Waals surface area contributed by atoms with Crippen LogP contribution in [0.5, 0.6) is 0 Å². The smallest absolute Gasteiger partial charge is 0.198 e. The Balaban J connectivity index is 1.22. The van der Waals surface area contributed by atoms with Crippen molar-refractivity contribution in [2.45, 2.75) is 26.2 Å². The van der Waals surface area contributed by atoms with E-state index in [1.807, 2.05) is 6.20 Å². The second kappa shape index (κ2) is 9.43. The number of pyridine rings is 1. The van der Waals surface area contributed by atoms with E-state index in [1.165, 1.54) is 38.8 Å². The Bertz CT molecular complexity index is 2130. The highest BCUT2D eigenvalue weighted by Crippen LogP contribution is 2.53. The highest BCUT2D eigenvalue weighted by atomic mass is 32.1. The fourth-order valence-corrected chi connectivity index (χ4v) is 8.35. The first-order chi connectivity index (χ1) is 20.8. The van der Waals surface area contributed by atoms with Crippen LogP contribution in [0, 0.1) is 6.92 Å². The van der Waals surface area contributed by atoms with Crippen LogP contribution in [0.4, 0.5) is 17.1 Å². The summed E-state index contributed by atoms with van der Waals surface area (Å²) in [6, 6.07) is 28.0. The summed E-state index contributed by atoms with van der Waals surface area (Å²) in [5, 5.41) is 5.92. The largest absolute Gasteiger partial charge is 0.309 e. The lowest BCUT2D eigenvalue weighted by molar-refractivity contribution is 0.0990. The minimum atomic E-state index is -0.300. The van der Waals surface area contributed by atoms with Crippen LogP contribution >= 0.6 is 22.7 Å². The summed E-state index contributed by atoms with van der Waals surface area (Å²) in [5.41, 5.74) is 8.65. The second-order valence-electron chi connectivity index (χ2n) is 11.7. The summed E-state index contributed by atoms with van der Waals surface area (Å²) in [6.45, 7) is 6.55. The van der Waals surface area contributed by atoms with Gasteiger partial charge in [-0.05, 0) is 71.3 Å². The minimum Gasteiger partial charge on any atom is -0.309 e. The summed E-state index contributed by atoms with van der Waals surface area (Å²) in [6.07, 6.45) is 3.72. The van der Waals surface area contributed by atoms with Gasteiger partial charge in [0, 0.05) is 43.6 Å². The number of rotatable bonds is 4. The number of thiophene rings is 2. The van der Waals surface area contributed by atoms with E-state index in [0.29, 0.717) is 11.1 Å². The number of benzene rings is 3. The molecule has 8 rings (SSSR count). The molecule has 0 fully saturated rings. The summed E-state index contributed by atoms with van der Waals surface area (Å²) < 4.78 is 0. The Hall–Kier alpha value is -4.65. The first-order valence-corrected chi connectivity index (χ1v) is 15.9. The maximum absolute atomic E-state index is 12.9. The number of aryl methyl sites for hydroxylation is 1. The Morgan fingerprint density at radius 2 is 1.47 bits per heavy atom. The number of ketones is 2. The quantitative estimate of drug-likeness (QED) is 0.151. The molecule has 0 spiro atoms. The highest BCUT2D eigenvalue weighted by molar-refractivity contribution is 7.16. The molecule has 0 atom stereocenters. The van der Waals surface area contributed by atoms with Gasteiger partial charge in [-0.2, -0.15) is 11.3 Å². The van der Waals surface area contributed by atoms with Crippen molar-refractivity contribution in [1.29, 1.82) is 0 Å². The highest BCUT2D eigenvalue weighted by Gasteiger charge is 2.40. The molecule has 4 nitrogen and oxygen atoms in total. The maximum Gasteiger partial charge on any atom is 0.198 e. The third-order valence-corrected chi connectivity index (χ3v) is 10.5. The third kappa shape index (κ3) is 3.98. The Morgan fingerprint density at radius 1 is 0.767 bits per heavy atom. The summed E-state index contributed by atoms with van der Waals surface area (Å²) in [4.78, 5) is 35.1. The van der Waals surface area contributed by atoms with E-state index in [-0.39, 0.29) is 22.6 Å². The van der Waals surface area contributed by atoms with Crippen LogP contribution in [0.3, 0.4) is 0 Å². The van der Waals surface area contributed by atoms with Gasteiger partial charge in [-0.3, -0.25) is 14.6 Å². The van der Waals surface area contributed by atoms with Crippen molar-refractivity contribution in [2.24, 2.45) is 0 Å². The number of hydrogen-bond acceptors (Lipinski definition) is 6. The molecular formula is C37H26N2O2S2. The maximum atomic E-state index is 12.9. The van der Waals surface area contributed by atoms with Crippen LogP contribution in [-0.2, 0) is 5.41 Å². The molecule has 0 radical (unpaired) electrons. The van der Waals surface area contributed by atoms with Crippen LogP contribution < -0.4 is 4.90 Å². The molecule has 0 saturated heterocycles. The van der Waals surface area contributed by atoms with Gasteiger partial charge in [-0.25, -0.2) is 0 Å². The van der Waals surface area contributed by atoms with Crippen LogP contribution in [-0.4, -0.2) is 16.6 Å². The predicted octanol–water partition coefficient (Wildman–Crippen LogP) is 9.90. The molecule has 0 N–H and O–H groups in total. The fourth-order valence-electron chi connectivity index (χ4n) is 6.27. The molecule has 0 saturated carbocycles. The fraction of sp³-hybridized carbons (Fsp3) is 0.108. The molecule has 2 aliphatic carbocycles. The molecule has 43 heavy (non-hydrogen) atoms. The predicted molar refractivity (Wildman–Crippen MR) is 178 cm³/mol. The molecule has 0 bridgehead atoms. The third-order valence-electron chi connectivity index (χ3n) is 8.65. The molecular weight excluding hydrogens is 569 g/mol. The zero-order chi connectivity index (χ0) is 29.5. The molecule has 3 aromatic carbocycles. The number of Topliss-reactive ketones (excluding diaryl/α,β-unsaturated/α-hetero) is 2. The van der Waals surface area contributed by atoms with E-state index in [4.69, 9.17) is 4.98 Å². The molecule has 3 aromatic heterocycles. The van der Waals surface area contributed by atoms with Gasteiger partial charge in [0.1, 0.15) is 0 Å². The van der Waals surface area contributed by atoms with Crippen molar-refractivity contribution in [3.05, 3.63) is 134 Å². The van der Waals surface area contributed by atoms with Crippen LogP contribution in [0.15, 0.2) is 101 Å². The van der Waals surface area contributed by atoms with Gasteiger partial charge in [-0.15, -0.1) is 11.3 Å². The van der Waals surface area contributed by atoms with E-state index in [2.05, 4.69) is 105 Å². The van der Waals surface area contributed by atoms with E-state index in [1.54, 1.807) is 28.2 Å². The van der Waals surface area contributed by atoms with Crippen molar-refractivity contribution in [2.75, 3.05) is 4.90 Å². The molecule has 6 heteroatoms. The van der Waals surface area contributed by atoms with Crippen molar-refractivity contribution >= 4 is 68.2 Å². The van der Waals surface area contributed by atoms with Gasteiger partial charge in [0.2, 0.25) is 0 Å². The van der Waals surface area contributed by atoms with Crippen molar-refractivity contribution in [3.63, 3.8) is 0 Å². The molecule has 2 aliphatic rings. The average molecular weight is 595 g/mol. The Labute approximate surface area is 257 Å². The lowest BCUT2D eigenvalue weighted by Gasteiger charge is -2.28. The molecule has 0 aliphatic heterocycles. The first kappa shape index (κ1) is 26.0. The van der Waals surface area contributed by atoms with Crippen LogP contribution in [0.25, 0.3) is 27.4 Å². The number of fused-ring (bicyclic) bond motifs is 5. The molecule has 6 aromatic rings. The lowest BCUT2D eigenvalue weighted by Crippen LogP contribution is -2.17. The average Bonchev–Trinajstić information content (AvgIpc) is 3.76. The van der Waals surface area contributed by atoms with Gasteiger partial charge in [-0.1, -0.05) is 61.9 Å². The molecule has 3 heterocycles. The summed E-state index contributed by atoms with van der Waals surface area (Å²) in [5.74, 6) is -0.357. The zero-order valence-electron chi connectivity index (χ0n) is 23.8. The first-order valence-electron chi connectivity index (χ1n) is 14.2. The summed E-state index contributed by atoms with van der Waals surface area (Å²) in [7, 11) is 0. The number of carbonyl (C=O) groups excluding carboxylic acids is 2. The zero-order valence-corrected chi connectivity index (χ0v) is 25.5. The number of allylic oxidation sites excluding steroid dienone is 1. The number of hydrogen-bond donors (Lipinski definition) is 0. The van der Waals surface area contributed by atoms with E-state index < -0.39 is 0 Å². The van der Waals surface area contributed by atoms with Gasteiger partial charge in [0.15, 0.2) is 11.6 Å². The Morgan fingerprint density at radius 3 is 2.21 bits per heavy atom. The van der Waals surface area contributed by atoms with Crippen molar-refractivity contribution in [3.8, 4) is 10.6 Å². The van der Waals surface area contributed by atoms with Gasteiger partial charge in [0.05, 0.1) is 28.0 Å².